The van der Waals surface area contributed by atoms with E-state index in [4.69, 9.17) is 4.74 Å². The Balaban J connectivity index is 1.73. The van der Waals surface area contributed by atoms with Crippen molar-refractivity contribution in [2.24, 2.45) is 5.92 Å². The van der Waals surface area contributed by atoms with Crippen LogP contribution in [-0.4, -0.2) is 111 Å². The second-order valence-electron chi connectivity index (χ2n) is 10.1. The maximum absolute atomic E-state index is 14.9. The van der Waals surface area contributed by atoms with Crippen LogP contribution in [0.15, 0.2) is 24.3 Å². The van der Waals surface area contributed by atoms with Gasteiger partial charge in [-0.05, 0) is 52.0 Å². The first-order chi connectivity index (χ1) is 16.7. The van der Waals surface area contributed by atoms with E-state index in [-0.39, 0.29) is 36.8 Å². The molecule has 2 aliphatic heterocycles. The van der Waals surface area contributed by atoms with Gasteiger partial charge in [0.1, 0.15) is 5.82 Å². The molecule has 8 nitrogen and oxygen atoms in total. The lowest BCUT2D eigenvalue weighted by Crippen LogP contribution is -2.45. The number of nitrogens with zero attached hydrogens (tertiary/aromatic N) is 4. The molecule has 1 atom stereocenters. The largest absolute Gasteiger partial charge is 0.383 e. The van der Waals surface area contributed by atoms with Crippen LogP contribution in [0.1, 0.15) is 31.2 Å². The van der Waals surface area contributed by atoms with E-state index in [1.165, 1.54) is 17.0 Å². The van der Waals surface area contributed by atoms with Gasteiger partial charge >= 0.3 is 0 Å². The predicted octanol–water partition coefficient (Wildman–Crippen LogP) is 1.59. The highest BCUT2D eigenvalue weighted by molar-refractivity contribution is 6.10. The van der Waals surface area contributed by atoms with E-state index < -0.39 is 17.1 Å². The summed E-state index contributed by atoms with van der Waals surface area (Å²) in [5, 5.41) is 0. The third-order valence-corrected chi connectivity index (χ3v) is 7.30. The van der Waals surface area contributed by atoms with Crippen molar-refractivity contribution in [2.45, 2.75) is 31.1 Å². The zero-order valence-electron chi connectivity index (χ0n) is 21.5. The van der Waals surface area contributed by atoms with Gasteiger partial charge in [-0.2, -0.15) is 0 Å². The molecule has 3 amide bonds. The highest BCUT2D eigenvalue weighted by Crippen LogP contribution is 2.41. The molecule has 2 saturated heterocycles. The van der Waals surface area contributed by atoms with Gasteiger partial charge < -0.3 is 19.4 Å². The molecule has 0 aliphatic carbocycles. The van der Waals surface area contributed by atoms with Crippen LogP contribution in [0, 0.1) is 11.7 Å². The van der Waals surface area contributed by atoms with Gasteiger partial charge in [-0.25, -0.2) is 4.39 Å². The number of ether oxygens (including phenoxy) is 1. The minimum absolute atomic E-state index is 0.124. The number of rotatable bonds is 11. The second-order valence-corrected chi connectivity index (χ2v) is 10.1. The lowest BCUT2D eigenvalue weighted by Gasteiger charge is -2.35. The van der Waals surface area contributed by atoms with Crippen molar-refractivity contribution < 1.29 is 23.5 Å². The molecule has 3 rings (SSSR count). The minimum atomic E-state index is -1.51. The number of carbonyl (C=O) groups is 3. The number of imide groups is 1. The fourth-order valence-corrected chi connectivity index (χ4v) is 5.12. The zero-order valence-corrected chi connectivity index (χ0v) is 21.5. The number of carbonyl (C=O) groups excluding carboxylic acids is 3. The zero-order chi connectivity index (χ0) is 25.6. The second kappa shape index (κ2) is 12.1. The standard InChI is InChI=1S/C26H39FN4O4/c1-28(2)13-14-31-24(33)18-26(25(31)34,21-7-5-6-8-22(21)27)17-23(32)29(3)19-20-9-11-30(12-10-20)15-16-35-4/h5-8,20H,9-19H2,1-4H3. The Bertz CT molecular complexity index is 903. The van der Waals surface area contributed by atoms with Crippen LogP contribution in [0.3, 0.4) is 0 Å². The van der Waals surface area contributed by atoms with Crippen LogP contribution in [0.5, 0.6) is 0 Å². The predicted molar refractivity (Wildman–Crippen MR) is 131 cm³/mol. The van der Waals surface area contributed by atoms with Crippen LogP contribution < -0.4 is 0 Å². The van der Waals surface area contributed by atoms with Gasteiger partial charge in [0.15, 0.2) is 0 Å². The summed E-state index contributed by atoms with van der Waals surface area (Å²) in [5.41, 5.74) is -1.39. The number of methoxy groups -OCH3 is 1. The van der Waals surface area contributed by atoms with Crippen LogP contribution in [0.4, 0.5) is 4.39 Å². The van der Waals surface area contributed by atoms with Crippen molar-refractivity contribution >= 4 is 17.7 Å². The Kier molecular flexibility index (Phi) is 9.38. The van der Waals surface area contributed by atoms with Gasteiger partial charge in [0, 0.05) is 58.7 Å². The molecule has 1 aromatic rings. The number of likely N-dealkylation sites (N-methyl/N-ethyl adjacent to an activating group) is 1. The highest BCUT2D eigenvalue weighted by Gasteiger charge is 2.55. The number of hydrogen-bond acceptors (Lipinski definition) is 6. The molecule has 0 aromatic heterocycles. The van der Waals surface area contributed by atoms with E-state index >= 15 is 0 Å². The number of piperidine rings is 1. The summed E-state index contributed by atoms with van der Waals surface area (Å²) < 4.78 is 20.1. The molecule has 0 saturated carbocycles. The van der Waals surface area contributed by atoms with E-state index in [2.05, 4.69) is 4.90 Å². The Hall–Kier alpha value is -2.36. The average molecular weight is 491 g/mol. The van der Waals surface area contributed by atoms with Gasteiger partial charge in [0.2, 0.25) is 17.7 Å². The molecule has 0 radical (unpaired) electrons. The van der Waals surface area contributed by atoms with Gasteiger partial charge in [-0.15, -0.1) is 0 Å². The third-order valence-electron chi connectivity index (χ3n) is 7.30. The van der Waals surface area contributed by atoms with Crippen molar-refractivity contribution in [2.75, 3.05) is 74.1 Å². The van der Waals surface area contributed by atoms with Gasteiger partial charge in [-0.3, -0.25) is 19.3 Å². The summed E-state index contributed by atoms with van der Waals surface area (Å²) in [6.07, 6.45) is 1.54. The summed E-state index contributed by atoms with van der Waals surface area (Å²) in [5.74, 6) is -1.29. The molecule has 0 spiro atoms. The first kappa shape index (κ1) is 27.2. The SMILES string of the molecule is COCCN1CCC(CN(C)C(=O)CC2(c3ccccc3F)CC(=O)N(CCN(C)C)C2=O)CC1. The Morgan fingerprint density at radius 1 is 1.14 bits per heavy atom. The minimum Gasteiger partial charge on any atom is -0.383 e. The lowest BCUT2D eigenvalue weighted by molar-refractivity contribution is -0.142. The average Bonchev–Trinajstić information content (AvgIpc) is 3.06. The van der Waals surface area contributed by atoms with E-state index in [1.807, 2.05) is 19.0 Å². The topological polar surface area (TPSA) is 73.4 Å². The van der Waals surface area contributed by atoms with E-state index in [0.29, 0.717) is 25.6 Å². The summed E-state index contributed by atoms with van der Waals surface area (Å²) >= 11 is 0. The molecule has 2 heterocycles. The number of benzene rings is 1. The summed E-state index contributed by atoms with van der Waals surface area (Å²) in [7, 11) is 7.15. The molecule has 2 fully saturated rings. The molecule has 0 N–H and O–H groups in total. The smallest absolute Gasteiger partial charge is 0.241 e. The number of halogens is 1. The first-order valence-corrected chi connectivity index (χ1v) is 12.4. The molecular formula is C26H39FN4O4. The molecule has 9 heteroatoms. The van der Waals surface area contributed by atoms with Gasteiger partial charge in [0.25, 0.3) is 0 Å². The molecule has 194 valence electrons. The third kappa shape index (κ3) is 6.45. The maximum atomic E-state index is 14.9. The normalized spacial score (nSPS) is 21.8. The summed E-state index contributed by atoms with van der Waals surface area (Å²) in [4.78, 5) is 47.0. The molecular weight excluding hydrogens is 451 g/mol. The van der Waals surface area contributed by atoms with Crippen LogP contribution in [-0.2, 0) is 24.5 Å². The van der Waals surface area contributed by atoms with Gasteiger partial charge in [-0.1, -0.05) is 18.2 Å². The lowest BCUT2D eigenvalue weighted by atomic mass is 9.75. The molecule has 35 heavy (non-hydrogen) atoms. The Morgan fingerprint density at radius 2 is 1.83 bits per heavy atom. The molecule has 2 aliphatic rings. The molecule has 1 aromatic carbocycles. The quantitative estimate of drug-likeness (QED) is 0.439. The number of hydrogen-bond donors (Lipinski definition) is 0. The van der Waals surface area contributed by atoms with Crippen molar-refractivity contribution in [3.8, 4) is 0 Å². The fraction of sp³-hybridized carbons (Fsp3) is 0.654. The Morgan fingerprint density at radius 3 is 2.46 bits per heavy atom. The van der Waals surface area contributed by atoms with Crippen molar-refractivity contribution in [3.63, 3.8) is 0 Å². The van der Waals surface area contributed by atoms with E-state index in [0.717, 1.165) is 32.5 Å². The molecule has 1 unspecified atom stereocenters. The monoisotopic (exact) mass is 490 g/mol. The van der Waals surface area contributed by atoms with Crippen LogP contribution in [0.25, 0.3) is 0 Å². The number of likely N-dealkylation sites (tertiary alicyclic amines) is 2. The first-order valence-electron chi connectivity index (χ1n) is 12.4. The van der Waals surface area contributed by atoms with E-state index in [1.54, 1.807) is 31.2 Å². The van der Waals surface area contributed by atoms with Crippen molar-refractivity contribution in [3.05, 3.63) is 35.6 Å². The number of amides is 3. The van der Waals surface area contributed by atoms with Crippen LogP contribution >= 0.6 is 0 Å². The summed E-state index contributed by atoms with van der Waals surface area (Å²) in [6, 6.07) is 6.00. The van der Waals surface area contributed by atoms with Crippen molar-refractivity contribution in [1.29, 1.82) is 0 Å². The Labute approximate surface area is 208 Å². The molecule has 0 bridgehead atoms. The highest BCUT2D eigenvalue weighted by atomic mass is 19.1. The maximum Gasteiger partial charge on any atom is 0.241 e. The van der Waals surface area contributed by atoms with Crippen molar-refractivity contribution in [1.82, 2.24) is 19.6 Å². The van der Waals surface area contributed by atoms with E-state index in [9.17, 15) is 18.8 Å². The van der Waals surface area contributed by atoms with Gasteiger partial charge in [0.05, 0.1) is 12.0 Å². The van der Waals surface area contributed by atoms with Crippen LogP contribution in [0.2, 0.25) is 0 Å². The summed E-state index contributed by atoms with van der Waals surface area (Å²) in [6.45, 7) is 4.83. The fourth-order valence-electron chi connectivity index (χ4n) is 5.12.